The van der Waals surface area contributed by atoms with E-state index < -0.39 is 23.1 Å². The zero-order valence-electron chi connectivity index (χ0n) is 17.9. The van der Waals surface area contributed by atoms with E-state index in [-0.39, 0.29) is 18.8 Å². The van der Waals surface area contributed by atoms with Crippen LogP contribution >= 0.6 is 0 Å². The molecule has 1 fully saturated rings. The van der Waals surface area contributed by atoms with Crippen LogP contribution < -0.4 is 10.2 Å². The number of aliphatic hydroxyl groups is 1. The summed E-state index contributed by atoms with van der Waals surface area (Å²) >= 11 is 0. The van der Waals surface area contributed by atoms with Gasteiger partial charge in [0.15, 0.2) is 5.76 Å². The smallest absolute Gasteiger partial charge is 0.306 e. The summed E-state index contributed by atoms with van der Waals surface area (Å²) in [6.07, 6.45) is 3.23. The summed E-state index contributed by atoms with van der Waals surface area (Å²) in [6.45, 7) is 2.03. The molecule has 8 heteroatoms. The average molecular weight is 431 g/mol. The number of carbonyl (C=O) groups is 1. The Morgan fingerprint density at radius 3 is 2.58 bits per heavy atom. The predicted molar refractivity (Wildman–Crippen MR) is 113 cm³/mol. The van der Waals surface area contributed by atoms with E-state index in [1.807, 2.05) is 0 Å². The molecular weight excluding hydrogens is 402 g/mol. The van der Waals surface area contributed by atoms with Crippen LogP contribution in [0.4, 0.5) is 0 Å². The fraction of sp³-hybridized carbons (Fsp3) is 0.478. The number of piperidine rings is 1. The van der Waals surface area contributed by atoms with Crippen molar-refractivity contribution in [1.82, 2.24) is 4.90 Å². The van der Waals surface area contributed by atoms with Gasteiger partial charge in [-0.2, -0.15) is 0 Å². The highest BCUT2D eigenvalue weighted by Crippen LogP contribution is 2.35. The minimum Gasteiger partial charge on any atom is -0.502 e. The number of methoxy groups -OCH3 is 2. The first kappa shape index (κ1) is 22.8. The van der Waals surface area contributed by atoms with E-state index in [0.29, 0.717) is 29.2 Å². The molecule has 2 heterocycles. The fourth-order valence-electron chi connectivity index (χ4n) is 3.96. The fourth-order valence-corrected chi connectivity index (χ4v) is 3.96. The van der Waals surface area contributed by atoms with Gasteiger partial charge in [-0.25, -0.2) is 0 Å². The second kappa shape index (κ2) is 10.5. The van der Waals surface area contributed by atoms with Gasteiger partial charge in [0.2, 0.25) is 11.2 Å². The van der Waals surface area contributed by atoms with Crippen LogP contribution in [0, 0.1) is 0 Å². The largest absolute Gasteiger partial charge is 0.502 e. The molecule has 1 unspecified atom stereocenters. The minimum atomic E-state index is -0.766. The third-order valence-electron chi connectivity index (χ3n) is 5.62. The monoisotopic (exact) mass is 431 g/mol. The lowest BCUT2D eigenvalue weighted by Gasteiger charge is -2.26. The van der Waals surface area contributed by atoms with Gasteiger partial charge in [-0.05, 0) is 43.6 Å². The van der Waals surface area contributed by atoms with Gasteiger partial charge in [0.05, 0.1) is 39.7 Å². The van der Waals surface area contributed by atoms with Crippen molar-refractivity contribution in [2.45, 2.75) is 44.8 Å². The topological polar surface area (TPSA) is 109 Å². The number of rotatable bonds is 8. The first-order valence-corrected chi connectivity index (χ1v) is 10.4. The summed E-state index contributed by atoms with van der Waals surface area (Å²) in [7, 11) is 2.77. The third kappa shape index (κ3) is 5.45. The molecule has 1 atom stereocenters. The van der Waals surface area contributed by atoms with Crippen LogP contribution in [0.25, 0.3) is 0 Å². The highest BCUT2D eigenvalue weighted by atomic mass is 16.5. The maximum Gasteiger partial charge on any atom is 0.306 e. The van der Waals surface area contributed by atoms with Gasteiger partial charge in [-0.3, -0.25) is 14.5 Å². The Morgan fingerprint density at radius 2 is 1.94 bits per heavy atom. The summed E-state index contributed by atoms with van der Waals surface area (Å²) in [5.41, 5.74) is 0.545. The van der Waals surface area contributed by atoms with E-state index in [2.05, 4.69) is 4.90 Å². The van der Waals surface area contributed by atoms with Crippen molar-refractivity contribution in [3.63, 3.8) is 0 Å². The number of esters is 1. The Labute approximate surface area is 181 Å². The molecule has 8 nitrogen and oxygen atoms in total. The molecule has 2 aromatic rings. The van der Waals surface area contributed by atoms with Crippen LogP contribution in [-0.2, 0) is 22.7 Å². The first-order chi connectivity index (χ1) is 15.0. The molecule has 0 aliphatic carbocycles. The van der Waals surface area contributed by atoms with Crippen molar-refractivity contribution < 1.29 is 28.9 Å². The number of nitrogens with zero attached hydrogens (tertiary/aromatic N) is 1. The molecule has 0 saturated carbocycles. The summed E-state index contributed by atoms with van der Waals surface area (Å²) in [4.78, 5) is 26.9. The van der Waals surface area contributed by atoms with Crippen LogP contribution in [0.3, 0.4) is 0 Å². The van der Waals surface area contributed by atoms with Gasteiger partial charge in [0.1, 0.15) is 11.5 Å². The summed E-state index contributed by atoms with van der Waals surface area (Å²) in [5, 5.41) is 20.2. The maximum atomic E-state index is 12.5. The van der Waals surface area contributed by atoms with Crippen molar-refractivity contribution in [2.24, 2.45) is 0 Å². The third-order valence-corrected chi connectivity index (χ3v) is 5.62. The van der Waals surface area contributed by atoms with Gasteiger partial charge >= 0.3 is 5.97 Å². The number of ether oxygens (including phenoxy) is 2. The van der Waals surface area contributed by atoms with Crippen LogP contribution in [0.5, 0.6) is 11.5 Å². The van der Waals surface area contributed by atoms with Crippen molar-refractivity contribution in [2.75, 3.05) is 27.3 Å². The lowest BCUT2D eigenvalue weighted by molar-refractivity contribution is -0.140. The number of likely N-dealkylation sites (tertiary alicyclic amines) is 1. The van der Waals surface area contributed by atoms with E-state index in [0.717, 1.165) is 25.9 Å². The van der Waals surface area contributed by atoms with Crippen LogP contribution in [-0.4, -0.2) is 48.4 Å². The first-order valence-electron chi connectivity index (χ1n) is 10.4. The molecule has 0 radical (unpaired) electrons. The van der Waals surface area contributed by atoms with Gasteiger partial charge in [0.25, 0.3) is 0 Å². The molecule has 0 bridgehead atoms. The Morgan fingerprint density at radius 1 is 1.19 bits per heavy atom. The van der Waals surface area contributed by atoms with Gasteiger partial charge in [0, 0.05) is 11.6 Å². The second-order valence-electron chi connectivity index (χ2n) is 7.69. The van der Waals surface area contributed by atoms with Crippen molar-refractivity contribution in [3.05, 3.63) is 57.1 Å². The summed E-state index contributed by atoms with van der Waals surface area (Å²) in [6, 6.07) is 6.35. The highest BCUT2D eigenvalue weighted by molar-refractivity contribution is 5.71. The van der Waals surface area contributed by atoms with Crippen molar-refractivity contribution >= 4 is 5.97 Å². The average Bonchev–Trinajstić information content (AvgIpc) is 2.80. The molecule has 31 heavy (non-hydrogen) atoms. The van der Waals surface area contributed by atoms with Crippen LogP contribution in [0.15, 0.2) is 33.5 Å². The normalized spacial score (nSPS) is 15.5. The SMILES string of the molecule is COC(=O)CC(c1ccc(OC)c(CO)c1)c1oc(CN2CCCCC2)cc(=O)c1O. The lowest BCUT2D eigenvalue weighted by atomic mass is 9.90. The molecule has 1 aliphatic heterocycles. The lowest BCUT2D eigenvalue weighted by Crippen LogP contribution is -2.29. The number of carbonyl (C=O) groups excluding carboxylic acids is 1. The minimum absolute atomic E-state index is 0.0129. The maximum absolute atomic E-state index is 12.5. The molecule has 1 aromatic heterocycles. The van der Waals surface area contributed by atoms with Crippen molar-refractivity contribution in [3.8, 4) is 11.5 Å². The number of aromatic hydroxyl groups is 1. The van der Waals surface area contributed by atoms with Gasteiger partial charge < -0.3 is 24.1 Å². The molecular formula is C23H29NO7. The van der Waals surface area contributed by atoms with Gasteiger partial charge in [-0.15, -0.1) is 0 Å². The van der Waals surface area contributed by atoms with E-state index >= 15 is 0 Å². The van der Waals surface area contributed by atoms with Crippen LogP contribution in [0.1, 0.15) is 54.2 Å². The van der Waals surface area contributed by atoms with Crippen LogP contribution in [0.2, 0.25) is 0 Å². The zero-order chi connectivity index (χ0) is 22.4. The van der Waals surface area contributed by atoms with E-state index in [1.165, 1.54) is 26.7 Å². The highest BCUT2D eigenvalue weighted by Gasteiger charge is 2.27. The zero-order valence-corrected chi connectivity index (χ0v) is 17.9. The van der Waals surface area contributed by atoms with E-state index in [9.17, 15) is 19.8 Å². The number of hydrogen-bond donors (Lipinski definition) is 2. The van der Waals surface area contributed by atoms with E-state index in [1.54, 1.807) is 18.2 Å². The number of benzene rings is 1. The number of hydrogen-bond acceptors (Lipinski definition) is 8. The Kier molecular flexibility index (Phi) is 7.70. The Bertz CT molecular complexity index is 963. The molecule has 1 aliphatic rings. The molecule has 168 valence electrons. The summed E-state index contributed by atoms with van der Waals surface area (Å²) < 4.78 is 16.1. The van der Waals surface area contributed by atoms with Crippen molar-refractivity contribution in [1.29, 1.82) is 0 Å². The van der Waals surface area contributed by atoms with Gasteiger partial charge in [-0.1, -0.05) is 12.5 Å². The molecule has 0 amide bonds. The molecule has 1 saturated heterocycles. The number of aliphatic hydroxyl groups excluding tert-OH is 1. The van der Waals surface area contributed by atoms with E-state index in [4.69, 9.17) is 13.9 Å². The Balaban J connectivity index is 2.04. The Hall–Kier alpha value is -2.84. The quantitative estimate of drug-likeness (QED) is 0.614. The summed E-state index contributed by atoms with van der Waals surface area (Å²) in [5.74, 6) is -0.873. The molecule has 3 rings (SSSR count). The second-order valence-corrected chi connectivity index (χ2v) is 7.69. The standard InChI is InChI=1S/C23H29NO7/c1-29-20-7-6-15(10-16(20)14-25)18(12-21(27)30-2)23-22(28)19(26)11-17(31-23)13-24-8-4-3-5-9-24/h6-7,10-11,18,25,28H,3-5,8-9,12-14H2,1-2H3. The molecule has 0 spiro atoms. The molecule has 2 N–H and O–H groups in total. The molecule has 1 aromatic carbocycles. The predicted octanol–water partition coefficient (Wildman–Crippen LogP) is 2.53.